The molecule has 0 spiro atoms. The van der Waals surface area contributed by atoms with Gasteiger partial charge in [0.25, 0.3) is 0 Å². The summed E-state index contributed by atoms with van der Waals surface area (Å²) in [5.74, 6) is -1.60. The number of quaternary nitrogens is 1. The quantitative estimate of drug-likeness (QED) is 0.527. The molecule has 3 saturated heterocycles. The second-order valence-electron chi connectivity index (χ2n) is 6.33. The van der Waals surface area contributed by atoms with Crippen LogP contribution >= 0.6 is 0 Å². The number of nitrogens with zero attached hydrogens (tertiary/aromatic N) is 3. The first-order chi connectivity index (χ1) is 10.5. The highest BCUT2D eigenvalue weighted by atomic mass is 16.4. The molecule has 3 aliphatic rings. The molecule has 3 heterocycles. The minimum absolute atomic E-state index is 0.0148. The highest BCUT2D eigenvalue weighted by Crippen LogP contribution is 2.14. The van der Waals surface area contributed by atoms with Crippen LogP contribution in [0.25, 0.3) is 0 Å². The molecule has 0 amide bonds. The van der Waals surface area contributed by atoms with Gasteiger partial charge in [-0.3, -0.25) is 14.6 Å². The average molecular weight is 315 g/mol. The molecule has 0 aromatic heterocycles. The summed E-state index contributed by atoms with van der Waals surface area (Å²) >= 11 is 0. The van der Waals surface area contributed by atoms with Gasteiger partial charge in [-0.15, -0.1) is 0 Å². The van der Waals surface area contributed by atoms with Gasteiger partial charge < -0.3 is 20.0 Å². The lowest BCUT2D eigenvalue weighted by molar-refractivity contribution is -0.924. The van der Waals surface area contributed by atoms with E-state index in [4.69, 9.17) is 5.11 Å². The number of rotatable bonds is 4. The zero-order chi connectivity index (χ0) is 16.0. The molecule has 126 valence electrons. The molecular formula is C14H27N4O4+. The summed E-state index contributed by atoms with van der Waals surface area (Å²) in [7, 11) is 0. The first kappa shape index (κ1) is 17.1. The van der Waals surface area contributed by atoms with Crippen molar-refractivity contribution >= 4 is 11.9 Å². The summed E-state index contributed by atoms with van der Waals surface area (Å²) in [6.07, 6.45) is 0. The van der Waals surface area contributed by atoms with Crippen molar-refractivity contribution in [2.75, 3.05) is 78.5 Å². The Morgan fingerprint density at radius 3 is 2.18 bits per heavy atom. The van der Waals surface area contributed by atoms with Crippen molar-refractivity contribution in [1.29, 1.82) is 0 Å². The monoisotopic (exact) mass is 315 g/mol. The van der Waals surface area contributed by atoms with Crippen LogP contribution in [0.5, 0.6) is 0 Å². The van der Waals surface area contributed by atoms with E-state index >= 15 is 0 Å². The third-order valence-corrected chi connectivity index (χ3v) is 4.71. The van der Waals surface area contributed by atoms with Crippen LogP contribution in [0.3, 0.4) is 0 Å². The molecule has 8 nitrogen and oxygen atoms in total. The van der Waals surface area contributed by atoms with E-state index in [2.05, 4.69) is 10.2 Å². The predicted octanol–water partition coefficient (Wildman–Crippen LogP) is -1.81. The van der Waals surface area contributed by atoms with E-state index < -0.39 is 11.9 Å². The van der Waals surface area contributed by atoms with E-state index in [1.165, 1.54) is 0 Å². The summed E-state index contributed by atoms with van der Waals surface area (Å²) in [5, 5.41) is 21.6. The van der Waals surface area contributed by atoms with Crippen molar-refractivity contribution in [3.05, 3.63) is 0 Å². The SMILES string of the molecule is O=C(O)CN1CCNCCN2CC[N+](CC(=O)O)(CC2)CC1. The Morgan fingerprint density at radius 1 is 0.909 bits per heavy atom. The fraction of sp³-hybridized carbons (Fsp3) is 0.857. The maximum Gasteiger partial charge on any atom is 0.359 e. The number of carboxylic acids is 2. The fourth-order valence-electron chi connectivity index (χ4n) is 3.32. The Hall–Kier alpha value is -1.22. The van der Waals surface area contributed by atoms with E-state index in [1.54, 1.807) is 0 Å². The van der Waals surface area contributed by atoms with Crippen LogP contribution in [0.4, 0.5) is 0 Å². The zero-order valence-corrected chi connectivity index (χ0v) is 13.0. The van der Waals surface area contributed by atoms with Crippen LogP contribution in [-0.2, 0) is 9.59 Å². The highest BCUT2D eigenvalue weighted by Gasteiger charge is 2.35. The van der Waals surface area contributed by atoms with Crippen molar-refractivity contribution in [2.45, 2.75) is 0 Å². The van der Waals surface area contributed by atoms with Gasteiger partial charge in [-0.2, -0.15) is 0 Å². The van der Waals surface area contributed by atoms with Crippen molar-refractivity contribution in [1.82, 2.24) is 15.1 Å². The van der Waals surface area contributed by atoms with Crippen LogP contribution in [0, 0.1) is 0 Å². The summed E-state index contributed by atoms with van der Waals surface area (Å²) in [4.78, 5) is 26.5. The second-order valence-corrected chi connectivity index (χ2v) is 6.33. The lowest BCUT2D eigenvalue weighted by Gasteiger charge is -2.45. The number of hydrogen-bond acceptors (Lipinski definition) is 5. The number of carboxylic acid groups (broad SMARTS) is 2. The number of hydrogen-bond donors (Lipinski definition) is 3. The van der Waals surface area contributed by atoms with Gasteiger partial charge >= 0.3 is 11.9 Å². The Morgan fingerprint density at radius 2 is 1.55 bits per heavy atom. The van der Waals surface area contributed by atoms with Crippen LogP contribution < -0.4 is 5.32 Å². The summed E-state index contributed by atoms with van der Waals surface area (Å²) in [6.45, 7) is 8.25. The summed E-state index contributed by atoms with van der Waals surface area (Å²) in [6, 6.07) is 0. The van der Waals surface area contributed by atoms with Crippen molar-refractivity contribution in [2.24, 2.45) is 0 Å². The van der Waals surface area contributed by atoms with Crippen LogP contribution in [0.1, 0.15) is 0 Å². The lowest BCUT2D eigenvalue weighted by Crippen LogP contribution is -2.64. The first-order valence-electron chi connectivity index (χ1n) is 7.93. The molecule has 0 saturated carbocycles. The zero-order valence-electron chi connectivity index (χ0n) is 13.0. The standard InChI is InChI=1S/C14H26N4O4/c19-13(20)11-17-4-2-15-1-3-16-5-8-18(9-6-16,10-7-17)12-14(21)22/h15H,1-12H2,(H-,19,20,21,22)/p+1. The molecule has 0 atom stereocenters. The Kier molecular flexibility index (Phi) is 6.13. The van der Waals surface area contributed by atoms with Crippen molar-refractivity contribution in [3.8, 4) is 0 Å². The van der Waals surface area contributed by atoms with Gasteiger partial charge in [-0.1, -0.05) is 0 Å². The van der Waals surface area contributed by atoms with E-state index in [-0.39, 0.29) is 13.1 Å². The van der Waals surface area contributed by atoms with Crippen LogP contribution in [0.15, 0.2) is 0 Å². The Labute approximate surface area is 130 Å². The molecule has 3 N–H and O–H groups in total. The predicted molar refractivity (Wildman–Crippen MR) is 80.7 cm³/mol. The van der Waals surface area contributed by atoms with Gasteiger partial charge in [0, 0.05) is 45.8 Å². The number of carbonyl (C=O) groups is 2. The third kappa shape index (κ3) is 5.20. The maximum absolute atomic E-state index is 11.2. The molecule has 3 fully saturated rings. The first-order valence-corrected chi connectivity index (χ1v) is 7.93. The average Bonchev–Trinajstić information content (AvgIpc) is 2.43. The smallest absolute Gasteiger partial charge is 0.359 e. The third-order valence-electron chi connectivity index (χ3n) is 4.71. The van der Waals surface area contributed by atoms with E-state index in [0.717, 1.165) is 45.8 Å². The minimum Gasteiger partial charge on any atom is -0.480 e. The Bertz CT molecular complexity index is 396. The minimum atomic E-state index is -0.832. The molecule has 0 unspecified atom stereocenters. The summed E-state index contributed by atoms with van der Waals surface area (Å²) < 4.78 is 0.565. The molecule has 3 aliphatic heterocycles. The van der Waals surface area contributed by atoms with E-state index in [1.807, 2.05) is 4.90 Å². The van der Waals surface area contributed by atoms with Gasteiger partial charge in [0.1, 0.15) is 0 Å². The molecule has 22 heavy (non-hydrogen) atoms. The maximum atomic E-state index is 11.2. The molecule has 8 heteroatoms. The van der Waals surface area contributed by atoms with Crippen molar-refractivity contribution in [3.63, 3.8) is 0 Å². The normalized spacial score (nSPS) is 31.2. The van der Waals surface area contributed by atoms with Gasteiger partial charge in [0.15, 0.2) is 6.54 Å². The van der Waals surface area contributed by atoms with E-state index in [0.29, 0.717) is 24.1 Å². The topological polar surface area (TPSA) is 93.1 Å². The number of piperazine rings is 1. The second kappa shape index (κ2) is 7.87. The Balaban J connectivity index is 2.05. The summed E-state index contributed by atoms with van der Waals surface area (Å²) in [5.41, 5.74) is 0. The fourth-order valence-corrected chi connectivity index (χ4v) is 3.32. The molecule has 0 radical (unpaired) electrons. The largest absolute Gasteiger partial charge is 0.480 e. The molecule has 3 rings (SSSR count). The van der Waals surface area contributed by atoms with Gasteiger partial charge in [0.05, 0.1) is 26.2 Å². The van der Waals surface area contributed by atoms with Crippen LogP contribution in [-0.4, -0.2) is 115 Å². The van der Waals surface area contributed by atoms with Gasteiger partial charge in [0.2, 0.25) is 0 Å². The number of fused-ring (bicyclic) bond motifs is 9. The van der Waals surface area contributed by atoms with E-state index in [9.17, 15) is 14.7 Å². The molecule has 0 aromatic carbocycles. The van der Waals surface area contributed by atoms with Gasteiger partial charge in [-0.25, -0.2) is 4.79 Å². The number of aliphatic carboxylic acids is 2. The molecule has 0 aliphatic carbocycles. The molecule has 2 bridgehead atoms. The lowest BCUT2D eigenvalue weighted by atomic mass is 10.2. The van der Waals surface area contributed by atoms with Crippen LogP contribution in [0.2, 0.25) is 0 Å². The van der Waals surface area contributed by atoms with Crippen molar-refractivity contribution < 1.29 is 24.3 Å². The molecular weight excluding hydrogens is 288 g/mol. The molecule has 0 aromatic rings. The van der Waals surface area contributed by atoms with Gasteiger partial charge in [-0.05, 0) is 0 Å². The highest BCUT2D eigenvalue weighted by molar-refractivity contribution is 5.69. The number of nitrogens with one attached hydrogen (secondary N) is 1.